The first-order valence-corrected chi connectivity index (χ1v) is 6.38. The molecule has 5 heteroatoms. The Kier molecular flexibility index (Phi) is 4.40. The van der Waals surface area contributed by atoms with Crippen molar-refractivity contribution < 1.29 is 8.78 Å². The molecule has 2 aromatic rings. The molecule has 0 heterocycles. The maximum absolute atomic E-state index is 13.8. The van der Waals surface area contributed by atoms with Gasteiger partial charge in [-0.2, -0.15) is 0 Å². The van der Waals surface area contributed by atoms with Gasteiger partial charge in [0.25, 0.3) is 0 Å². The lowest BCUT2D eigenvalue weighted by atomic mass is 9.99. The minimum absolute atomic E-state index is 0.0179. The monoisotopic (exact) mass is 301 g/mol. The van der Waals surface area contributed by atoms with Gasteiger partial charge in [-0.25, -0.2) is 8.78 Å². The molecule has 0 saturated carbocycles. The molecule has 2 N–H and O–H groups in total. The standard InChI is InChI=1S/C14H11Cl2F2N/c15-9-4-2-6-11(17)13(9)12(19)7-8-3-1-5-10(16)14(8)18/h1-6,12H,7,19H2. The van der Waals surface area contributed by atoms with Crippen LogP contribution < -0.4 is 5.73 Å². The summed E-state index contributed by atoms with van der Waals surface area (Å²) in [6.07, 6.45) is 0.118. The van der Waals surface area contributed by atoms with E-state index in [-0.39, 0.29) is 22.0 Å². The lowest BCUT2D eigenvalue weighted by Gasteiger charge is -2.15. The minimum Gasteiger partial charge on any atom is -0.324 e. The van der Waals surface area contributed by atoms with Gasteiger partial charge in [0.1, 0.15) is 11.6 Å². The molecule has 0 aliphatic rings. The van der Waals surface area contributed by atoms with Crippen molar-refractivity contribution in [2.45, 2.75) is 12.5 Å². The van der Waals surface area contributed by atoms with Gasteiger partial charge >= 0.3 is 0 Å². The third kappa shape index (κ3) is 3.06. The molecule has 0 aromatic heterocycles. The Bertz CT molecular complexity index is 582. The number of benzene rings is 2. The number of hydrogen-bond donors (Lipinski definition) is 1. The molecular weight excluding hydrogens is 291 g/mol. The lowest BCUT2D eigenvalue weighted by Crippen LogP contribution is -2.16. The van der Waals surface area contributed by atoms with Crippen LogP contribution in [-0.2, 0) is 6.42 Å². The van der Waals surface area contributed by atoms with Crippen LogP contribution in [0.5, 0.6) is 0 Å². The quantitative estimate of drug-likeness (QED) is 0.886. The van der Waals surface area contributed by atoms with E-state index in [1.807, 2.05) is 0 Å². The van der Waals surface area contributed by atoms with Crippen molar-refractivity contribution in [2.24, 2.45) is 5.73 Å². The normalized spacial score (nSPS) is 12.5. The van der Waals surface area contributed by atoms with Crippen LogP contribution in [0.2, 0.25) is 10.0 Å². The Morgan fingerprint density at radius 1 is 1.00 bits per heavy atom. The van der Waals surface area contributed by atoms with E-state index >= 15 is 0 Å². The summed E-state index contributed by atoms with van der Waals surface area (Å²) in [6, 6.07) is 8.22. The molecule has 0 radical (unpaired) electrons. The molecule has 19 heavy (non-hydrogen) atoms. The minimum atomic E-state index is -0.735. The molecule has 0 aliphatic heterocycles. The zero-order chi connectivity index (χ0) is 14.0. The zero-order valence-electron chi connectivity index (χ0n) is 9.84. The largest absolute Gasteiger partial charge is 0.324 e. The van der Waals surface area contributed by atoms with Crippen LogP contribution in [0, 0.1) is 11.6 Å². The van der Waals surface area contributed by atoms with E-state index < -0.39 is 17.7 Å². The first-order chi connectivity index (χ1) is 9.00. The van der Waals surface area contributed by atoms with Crippen LogP contribution in [0.3, 0.4) is 0 Å². The van der Waals surface area contributed by atoms with Crippen LogP contribution in [-0.4, -0.2) is 0 Å². The third-order valence-electron chi connectivity index (χ3n) is 2.84. The highest BCUT2D eigenvalue weighted by Crippen LogP contribution is 2.28. The van der Waals surface area contributed by atoms with Gasteiger partial charge in [-0.1, -0.05) is 41.4 Å². The summed E-state index contributed by atoms with van der Waals surface area (Å²) in [6.45, 7) is 0. The van der Waals surface area contributed by atoms with Gasteiger partial charge in [-0.05, 0) is 30.2 Å². The molecule has 0 spiro atoms. The average Bonchev–Trinajstić information content (AvgIpc) is 2.35. The molecule has 0 fully saturated rings. The average molecular weight is 302 g/mol. The van der Waals surface area contributed by atoms with Crippen molar-refractivity contribution in [3.05, 3.63) is 69.2 Å². The Hall–Kier alpha value is -1.16. The molecule has 2 rings (SSSR count). The summed E-state index contributed by atoms with van der Waals surface area (Å²) in [5.74, 6) is -1.03. The van der Waals surface area contributed by atoms with Crippen LogP contribution in [0.4, 0.5) is 8.78 Å². The number of halogens is 4. The predicted octanol–water partition coefficient (Wildman–Crippen LogP) is 4.51. The summed E-state index contributed by atoms with van der Waals surface area (Å²) in [7, 11) is 0. The number of hydrogen-bond acceptors (Lipinski definition) is 1. The van der Waals surface area contributed by atoms with E-state index in [9.17, 15) is 8.78 Å². The molecule has 1 nitrogen and oxygen atoms in total. The number of rotatable bonds is 3. The predicted molar refractivity (Wildman–Crippen MR) is 73.5 cm³/mol. The molecule has 1 atom stereocenters. The Morgan fingerprint density at radius 3 is 2.32 bits per heavy atom. The highest BCUT2D eigenvalue weighted by molar-refractivity contribution is 6.31. The van der Waals surface area contributed by atoms with Gasteiger partial charge in [-0.3, -0.25) is 0 Å². The molecule has 0 amide bonds. The van der Waals surface area contributed by atoms with Gasteiger partial charge < -0.3 is 5.73 Å². The lowest BCUT2D eigenvalue weighted by molar-refractivity contribution is 0.563. The van der Waals surface area contributed by atoms with Crippen LogP contribution >= 0.6 is 23.2 Å². The fraction of sp³-hybridized carbons (Fsp3) is 0.143. The van der Waals surface area contributed by atoms with E-state index in [0.29, 0.717) is 5.56 Å². The van der Waals surface area contributed by atoms with Crippen molar-refractivity contribution >= 4 is 23.2 Å². The van der Waals surface area contributed by atoms with Crippen LogP contribution in [0.15, 0.2) is 36.4 Å². The van der Waals surface area contributed by atoms with Crippen molar-refractivity contribution in [2.75, 3.05) is 0 Å². The molecule has 0 bridgehead atoms. The molecular formula is C14H11Cl2F2N. The van der Waals surface area contributed by atoms with Gasteiger partial charge in [-0.15, -0.1) is 0 Å². The summed E-state index contributed by atoms with van der Waals surface area (Å²) < 4.78 is 27.5. The molecule has 0 saturated heterocycles. The van der Waals surface area contributed by atoms with Crippen molar-refractivity contribution in [3.8, 4) is 0 Å². The van der Waals surface area contributed by atoms with Gasteiger partial charge in [0, 0.05) is 16.6 Å². The van der Waals surface area contributed by atoms with E-state index in [0.717, 1.165) is 0 Å². The smallest absolute Gasteiger partial charge is 0.145 e. The zero-order valence-corrected chi connectivity index (χ0v) is 11.3. The topological polar surface area (TPSA) is 26.0 Å². The van der Waals surface area contributed by atoms with Crippen molar-refractivity contribution in [1.82, 2.24) is 0 Å². The molecule has 1 unspecified atom stereocenters. The van der Waals surface area contributed by atoms with Crippen molar-refractivity contribution in [3.63, 3.8) is 0 Å². The molecule has 0 aliphatic carbocycles. The number of nitrogens with two attached hydrogens (primary N) is 1. The summed E-state index contributed by atoms with van der Waals surface area (Å²) in [4.78, 5) is 0. The highest BCUT2D eigenvalue weighted by atomic mass is 35.5. The Morgan fingerprint density at radius 2 is 1.63 bits per heavy atom. The highest BCUT2D eigenvalue weighted by Gasteiger charge is 2.18. The van der Waals surface area contributed by atoms with E-state index in [1.54, 1.807) is 18.2 Å². The Labute approximate surface area is 119 Å². The van der Waals surface area contributed by atoms with E-state index in [1.165, 1.54) is 18.2 Å². The van der Waals surface area contributed by atoms with Crippen LogP contribution in [0.25, 0.3) is 0 Å². The van der Waals surface area contributed by atoms with Gasteiger partial charge in [0.05, 0.1) is 5.02 Å². The van der Waals surface area contributed by atoms with Gasteiger partial charge in [0.15, 0.2) is 0 Å². The van der Waals surface area contributed by atoms with Gasteiger partial charge in [0.2, 0.25) is 0 Å². The second-order valence-corrected chi connectivity index (χ2v) is 4.97. The second kappa shape index (κ2) is 5.87. The Balaban J connectivity index is 2.31. The van der Waals surface area contributed by atoms with E-state index in [4.69, 9.17) is 28.9 Å². The maximum atomic E-state index is 13.8. The summed E-state index contributed by atoms with van der Waals surface area (Å²) >= 11 is 11.6. The summed E-state index contributed by atoms with van der Waals surface area (Å²) in [5, 5.41) is 0.249. The molecule has 100 valence electrons. The third-order valence-corrected chi connectivity index (χ3v) is 3.46. The molecule has 2 aromatic carbocycles. The van der Waals surface area contributed by atoms with Crippen LogP contribution in [0.1, 0.15) is 17.2 Å². The second-order valence-electron chi connectivity index (χ2n) is 4.16. The maximum Gasteiger partial charge on any atom is 0.145 e. The SMILES string of the molecule is NC(Cc1cccc(Cl)c1F)c1c(F)cccc1Cl. The first kappa shape index (κ1) is 14.3. The summed E-state index contributed by atoms with van der Waals surface area (Å²) in [5.41, 5.74) is 6.43. The fourth-order valence-electron chi connectivity index (χ4n) is 1.91. The first-order valence-electron chi connectivity index (χ1n) is 5.63. The van der Waals surface area contributed by atoms with E-state index in [2.05, 4.69) is 0 Å². The van der Waals surface area contributed by atoms with Crippen molar-refractivity contribution in [1.29, 1.82) is 0 Å². The fourth-order valence-corrected chi connectivity index (χ4v) is 2.41.